The number of aryl methyl sites for hydroxylation is 1. The normalized spacial score (nSPS) is 9.76. The Hall–Kier alpha value is -1.88. The van der Waals surface area contributed by atoms with Gasteiger partial charge in [-0.25, -0.2) is 5.48 Å². The Bertz CT molecular complexity index is 386. The zero-order valence-electron chi connectivity index (χ0n) is 9.60. The van der Waals surface area contributed by atoms with Crippen LogP contribution in [0.4, 0.5) is 0 Å². The SMILES string of the molecule is Cc1ccc(OC(=O)CCCC(=O)NO)cc1. The number of rotatable bonds is 5. The Morgan fingerprint density at radius 3 is 2.47 bits per heavy atom. The molecule has 0 heterocycles. The minimum absolute atomic E-state index is 0.0967. The van der Waals surface area contributed by atoms with Gasteiger partial charge in [0.25, 0.3) is 0 Å². The molecule has 0 aliphatic rings. The molecule has 0 saturated heterocycles. The van der Waals surface area contributed by atoms with Gasteiger partial charge in [-0.1, -0.05) is 17.7 Å². The van der Waals surface area contributed by atoms with Crippen molar-refractivity contribution in [2.75, 3.05) is 0 Å². The van der Waals surface area contributed by atoms with E-state index < -0.39 is 5.91 Å². The number of hydroxylamine groups is 1. The van der Waals surface area contributed by atoms with Crippen molar-refractivity contribution >= 4 is 11.9 Å². The lowest BCUT2D eigenvalue weighted by Gasteiger charge is -2.04. The lowest BCUT2D eigenvalue weighted by atomic mass is 10.2. The van der Waals surface area contributed by atoms with Gasteiger partial charge in [0, 0.05) is 12.8 Å². The number of amides is 1. The second kappa shape index (κ2) is 6.65. The fourth-order valence-electron chi connectivity index (χ4n) is 1.24. The van der Waals surface area contributed by atoms with Crippen molar-refractivity contribution in [2.24, 2.45) is 0 Å². The highest BCUT2D eigenvalue weighted by atomic mass is 16.5. The van der Waals surface area contributed by atoms with Crippen LogP contribution >= 0.6 is 0 Å². The molecule has 0 bridgehead atoms. The Labute approximate surface area is 99.4 Å². The van der Waals surface area contributed by atoms with E-state index in [9.17, 15) is 9.59 Å². The van der Waals surface area contributed by atoms with Crippen LogP contribution in [0, 0.1) is 6.92 Å². The molecule has 0 saturated carbocycles. The van der Waals surface area contributed by atoms with Gasteiger partial charge in [0.1, 0.15) is 5.75 Å². The summed E-state index contributed by atoms with van der Waals surface area (Å²) in [4.78, 5) is 22.0. The van der Waals surface area contributed by atoms with Crippen LogP contribution in [0.3, 0.4) is 0 Å². The number of hydrogen-bond acceptors (Lipinski definition) is 4. The first-order valence-corrected chi connectivity index (χ1v) is 5.32. The maximum absolute atomic E-state index is 11.4. The quantitative estimate of drug-likeness (QED) is 0.353. The van der Waals surface area contributed by atoms with Crippen LogP contribution in [0.1, 0.15) is 24.8 Å². The molecule has 0 radical (unpaired) electrons. The van der Waals surface area contributed by atoms with Gasteiger partial charge in [-0.15, -0.1) is 0 Å². The standard InChI is InChI=1S/C12H15NO4/c1-9-5-7-10(8-6-9)17-12(15)4-2-3-11(14)13-16/h5-8,16H,2-4H2,1H3,(H,13,14). The van der Waals surface area contributed by atoms with Crippen LogP contribution in [0.5, 0.6) is 5.75 Å². The van der Waals surface area contributed by atoms with Crippen LogP contribution in [-0.4, -0.2) is 17.1 Å². The molecule has 2 N–H and O–H groups in total. The van der Waals surface area contributed by atoms with Gasteiger partial charge in [-0.05, 0) is 25.5 Å². The van der Waals surface area contributed by atoms with E-state index in [0.29, 0.717) is 12.2 Å². The molecule has 1 aromatic rings. The van der Waals surface area contributed by atoms with E-state index in [0.717, 1.165) is 5.56 Å². The first-order chi connectivity index (χ1) is 8.11. The third-order valence-electron chi connectivity index (χ3n) is 2.16. The monoisotopic (exact) mass is 237 g/mol. The van der Waals surface area contributed by atoms with Crippen molar-refractivity contribution in [2.45, 2.75) is 26.2 Å². The molecule has 0 aliphatic carbocycles. The first kappa shape index (κ1) is 13.2. The average Bonchev–Trinajstić information content (AvgIpc) is 2.32. The molecule has 1 amide bonds. The maximum Gasteiger partial charge on any atom is 0.311 e. The molecule has 0 aliphatic heterocycles. The summed E-state index contributed by atoms with van der Waals surface area (Å²) < 4.78 is 5.05. The Morgan fingerprint density at radius 2 is 1.88 bits per heavy atom. The van der Waals surface area contributed by atoms with Gasteiger partial charge in [0.15, 0.2) is 0 Å². The molecular formula is C12H15NO4. The molecule has 0 atom stereocenters. The summed E-state index contributed by atoms with van der Waals surface area (Å²) in [6, 6.07) is 7.13. The molecule has 5 nitrogen and oxygen atoms in total. The van der Waals surface area contributed by atoms with Crippen molar-refractivity contribution in [1.82, 2.24) is 5.48 Å². The van der Waals surface area contributed by atoms with Crippen LogP contribution in [0.25, 0.3) is 0 Å². The molecule has 0 fully saturated rings. The summed E-state index contributed by atoms with van der Waals surface area (Å²) >= 11 is 0. The van der Waals surface area contributed by atoms with Crippen molar-refractivity contribution in [3.63, 3.8) is 0 Å². The van der Waals surface area contributed by atoms with E-state index in [-0.39, 0.29) is 18.8 Å². The molecule has 17 heavy (non-hydrogen) atoms. The third kappa shape index (κ3) is 5.12. The van der Waals surface area contributed by atoms with E-state index in [4.69, 9.17) is 9.94 Å². The van der Waals surface area contributed by atoms with E-state index in [1.54, 1.807) is 12.1 Å². The smallest absolute Gasteiger partial charge is 0.311 e. The second-order valence-corrected chi connectivity index (χ2v) is 3.68. The van der Waals surface area contributed by atoms with Gasteiger partial charge in [-0.2, -0.15) is 0 Å². The largest absolute Gasteiger partial charge is 0.427 e. The zero-order valence-corrected chi connectivity index (χ0v) is 9.60. The minimum Gasteiger partial charge on any atom is -0.427 e. The molecular weight excluding hydrogens is 222 g/mol. The van der Waals surface area contributed by atoms with Gasteiger partial charge < -0.3 is 4.74 Å². The zero-order chi connectivity index (χ0) is 12.7. The van der Waals surface area contributed by atoms with E-state index in [2.05, 4.69) is 0 Å². The lowest BCUT2D eigenvalue weighted by molar-refractivity contribution is -0.134. The van der Waals surface area contributed by atoms with Crippen LogP contribution in [0.2, 0.25) is 0 Å². The highest BCUT2D eigenvalue weighted by molar-refractivity contribution is 5.76. The number of carbonyl (C=O) groups is 2. The molecule has 0 spiro atoms. The topological polar surface area (TPSA) is 75.6 Å². The van der Waals surface area contributed by atoms with Gasteiger partial charge in [-0.3, -0.25) is 14.8 Å². The summed E-state index contributed by atoms with van der Waals surface area (Å²) in [6.07, 6.45) is 0.581. The van der Waals surface area contributed by atoms with Gasteiger partial charge in [0.05, 0.1) is 0 Å². The molecule has 1 rings (SSSR count). The lowest BCUT2D eigenvalue weighted by Crippen LogP contribution is -2.18. The summed E-state index contributed by atoms with van der Waals surface area (Å²) in [7, 11) is 0. The summed E-state index contributed by atoms with van der Waals surface area (Å²) in [5.74, 6) is -0.403. The second-order valence-electron chi connectivity index (χ2n) is 3.68. The number of nitrogens with one attached hydrogen (secondary N) is 1. The fourth-order valence-corrected chi connectivity index (χ4v) is 1.24. The number of carbonyl (C=O) groups excluding carboxylic acids is 2. The number of esters is 1. The summed E-state index contributed by atoms with van der Waals surface area (Å²) in [6.45, 7) is 1.94. The number of benzene rings is 1. The van der Waals surface area contributed by atoms with Crippen molar-refractivity contribution in [3.05, 3.63) is 29.8 Å². The Balaban J connectivity index is 2.30. The van der Waals surface area contributed by atoms with Crippen molar-refractivity contribution < 1.29 is 19.5 Å². The molecule has 1 aromatic carbocycles. The highest BCUT2D eigenvalue weighted by Gasteiger charge is 2.06. The molecule has 5 heteroatoms. The Kier molecular flexibility index (Phi) is 5.16. The van der Waals surface area contributed by atoms with E-state index >= 15 is 0 Å². The third-order valence-corrected chi connectivity index (χ3v) is 2.16. The van der Waals surface area contributed by atoms with Gasteiger partial charge in [0.2, 0.25) is 5.91 Å². The fraction of sp³-hybridized carbons (Fsp3) is 0.333. The highest BCUT2D eigenvalue weighted by Crippen LogP contribution is 2.12. The van der Waals surface area contributed by atoms with Gasteiger partial charge >= 0.3 is 5.97 Å². The maximum atomic E-state index is 11.4. The van der Waals surface area contributed by atoms with E-state index in [1.807, 2.05) is 19.1 Å². The van der Waals surface area contributed by atoms with Crippen LogP contribution < -0.4 is 10.2 Å². The van der Waals surface area contributed by atoms with Crippen molar-refractivity contribution in [1.29, 1.82) is 0 Å². The summed E-state index contributed by atoms with van der Waals surface area (Å²) in [5.41, 5.74) is 2.59. The predicted molar refractivity (Wildman–Crippen MR) is 60.6 cm³/mol. The van der Waals surface area contributed by atoms with Crippen LogP contribution in [-0.2, 0) is 9.59 Å². The molecule has 0 unspecified atom stereocenters. The van der Waals surface area contributed by atoms with Crippen LogP contribution in [0.15, 0.2) is 24.3 Å². The van der Waals surface area contributed by atoms with E-state index in [1.165, 1.54) is 5.48 Å². The van der Waals surface area contributed by atoms with Crippen molar-refractivity contribution in [3.8, 4) is 5.75 Å². The summed E-state index contributed by atoms with van der Waals surface area (Å²) in [5, 5.41) is 8.25. The number of hydrogen-bond donors (Lipinski definition) is 2. The minimum atomic E-state index is -0.506. The Morgan fingerprint density at radius 1 is 1.24 bits per heavy atom. The number of ether oxygens (including phenoxy) is 1. The predicted octanol–water partition coefficient (Wildman–Crippen LogP) is 1.58. The molecule has 92 valence electrons. The molecule has 0 aromatic heterocycles. The first-order valence-electron chi connectivity index (χ1n) is 5.32. The average molecular weight is 237 g/mol.